The molecule has 0 aliphatic rings. The summed E-state index contributed by atoms with van der Waals surface area (Å²) in [5.41, 5.74) is 0.386. The van der Waals surface area contributed by atoms with Crippen LogP contribution in [-0.2, 0) is 0 Å². The summed E-state index contributed by atoms with van der Waals surface area (Å²) in [6.45, 7) is 0. The van der Waals surface area contributed by atoms with Crippen molar-refractivity contribution in [2.75, 3.05) is 0 Å². The predicted octanol–water partition coefficient (Wildman–Crippen LogP) is 3.70. The van der Waals surface area contributed by atoms with Gasteiger partial charge in [-0.15, -0.1) is 0 Å². The van der Waals surface area contributed by atoms with Crippen molar-refractivity contribution in [3.63, 3.8) is 0 Å². The van der Waals surface area contributed by atoms with E-state index in [9.17, 15) is 9.59 Å². The molecular weight excluding hydrogens is 454 g/mol. The zero-order valence-corrected chi connectivity index (χ0v) is 19.0. The van der Waals surface area contributed by atoms with E-state index in [1.165, 1.54) is 6.08 Å². The maximum atomic E-state index is 12.6. The van der Waals surface area contributed by atoms with Gasteiger partial charge in [-0.25, -0.2) is 0 Å². The lowest BCUT2D eigenvalue weighted by Gasteiger charge is -2.05. The summed E-state index contributed by atoms with van der Waals surface area (Å²) in [6, 6.07) is 29.4. The zero-order valence-electron chi connectivity index (χ0n) is 19.0. The number of hydrogen-bond donors (Lipinski definition) is 2. The minimum absolute atomic E-state index is 0.105. The second-order valence-corrected chi connectivity index (χ2v) is 7.84. The molecule has 0 saturated carbocycles. The minimum atomic E-state index is -0.434. The molecule has 7 heteroatoms. The third-order valence-electron chi connectivity index (χ3n) is 5.19. The van der Waals surface area contributed by atoms with Gasteiger partial charge in [0.25, 0.3) is 11.1 Å². The number of nitrogens with zero attached hydrogens (tertiary/aromatic N) is 1. The molecule has 2 N–H and O–H groups in total. The van der Waals surface area contributed by atoms with Gasteiger partial charge in [-0.2, -0.15) is 0 Å². The van der Waals surface area contributed by atoms with Crippen LogP contribution in [0.15, 0.2) is 113 Å². The number of para-hydroxylation sites is 2. The molecule has 2 heterocycles. The Morgan fingerprint density at radius 3 is 1.61 bits per heavy atom. The van der Waals surface area contributed by atoms with Crippen LogP contribution in [0.3, 0.4) is 0 Å². The van der Waals surface area contributed by atoms with Crippen LogP contribution in [0.5, 0.6) is 23.0 Å². The first-order valence-corrected chi connectivity index (χ1v) is 11.2. The highest BCUT2D eigenvalue weighted by atomic mass is 16.5. The van der Waals surface area contributed by atoms with Crippen molar-refractivity contribution in [3.05, 3.63) is 146 Å². The molecule has 3 aromatic carbocycles. The Bertz CT molecular complexity index is 1560. The fourth-order valence-electron chi connectivity index (χ4n) is 3.43. The van der Waals surface area contributed by atoms with E-state index >= 15 is 0 Å². The number of benzene rings is 3. The smallest absolute Gasteiger partial charge is 0.272 e. The van der Waals surface area contributed by atoms with E-state index in [4.69, 9.17) is 9.47 Å². The fraction of sp³-hybridized carbons (Fsp3) is 0. The van der Waals surface area contributed by atoms with Crippen molar-refractivity contribution in [3.8, 4) is 23.0 Å². The van der Waals surface area contributed by atoms with Crippen LogP contribution in [-0.4, -0.2) is 15.0 Å². The molecule has 5 aromatic rings. The van der Waals surface area contributed by atoms with E-state index in [1.807, 2.05) is 60.7 Å². The molecule has 176 valence electrons. The molecule has 5 rings (SSSR count). The van der Waals surface area contributed by atoms with E-state index < -0.39 is 11.1 Å². The van der Waals surface area contributed by atoms with Crippen molar-refractivity contribution in [2.45, 2.75) is 0 Å². The molecule has 36 heavy (non-hydrogen) atoms. The van der Waals surface area contributed by atoms with Gasteiger partial charge in [0.15, 0.2) is 0 Å². The minimum Gasteiger partial charge on any atom is -0.457 e. The van der Waals surface area contributed by atoms with E-state index in [2.05, 4.69) is 15.0 Å². The molecule has 0 fully saturated rings. The van der Waals surface area contributed by atoms with E-state index in [1.54, 1.807) is 48.7 Å². The Balaban J connectivity index is 1.35. The second-order valence-electron chi connectivity index (χ2n) is 7.84. The summed E-state index contributed by atoms with van der Waals surface area (Å²) in [7, 11) is 0. The highest BCUT2D eigenvalue weighted by molar-refractivity contribution is 5.50. The number of hydrogen-bond acceptors (Lipinski definition) is 5. The quantitative estimate of drug-likeness (QED) is 0.390. The highest BCUT2D eigenvalue weighted by Crippen LogP contribution is 2.21. The lowest BCUT2D eigenvalue weighted by molar-refractivity contribution is 0.480. The van der Waals surface area contributed by atoms with Crippen LogP contribution in [0, 0.1) is 0 Å². The monoisotopic (exact) mass is 475 g/mol. The van der Waals surface area contributed by atoms with Crippen molar-refractivity contribution >= 4 is 12.2 Å². The molecule has 0 atom stereocenters. The van der Waals surface area contributed by atoms with Crippen molar-refractivity contribution in [2.24, 2.45) is 0 Å². The lowest BCUT2D eigenvalue weighted by atomic mass is 10.2. The van der Waals surface area contributed by atoms with Crippen LogP contribution in [0.4, 0.5) is 0 Å². The van der Waals surface area contributed by atoms with E-state index in [0.717, 1.165) is 11.3 Å². The van der Waals surface area contributed by atoms with Crippen LogP contribution in [0.1, 0.15) is 11.3 Å². The topological polar surface area (TPSA) is 97.1 Å². The molecule has 0 saturated heterocycles. The van der Waals surface area contributed by atoms with Gasteiger partial charge in [-0.3, -0.25) is 14.6 Å². The van der Waals surface area contributed by atoms with Crippen molar-refractivity contribution in [1.82, 2.24) is 15.0 Å². The molecule has 2 aromatic heterocycles. The number of H-pyrrole nitrogens is 2. The lowest BCUT2D eigenvalue weighted by Crippen LogP contribution is -2.46. The van der Waals surface area contributed by atoms with E-state index in [0.29, 0.717) is 22.9 Å². The molecule has 0 amide bonds. The number of nitrogens with one attached hydrogen (secondary N) is 2. The first-order valence-electron chi connectivity index (χ1n) is 11.2. The average molecular weight is 476 g/mol. The molecule has 0 aliphatic carbocycles. The van der Waals surface area contributed by atoms with Crippen LogP contribution in [0.2, 0.25) is 0 Å². The van der Waals surface area contributed by atoms with Gasteiger partial charge in [0, 0.05) is 0 Å². The fourth-order valence-corrected chi connectivity index (χ4v) is 3.43. The highest BCUT2D eigenvalue weighted by Gasteiger charge is 2.01. The standard InChI is InChI=1S/C29H21N3O4/c33-28-26(17-20-11-14-24(15-12-20)35-22-7-3-1-4-8-22)31-29(34)27(32-28)18-21-13-16-25(19-30-21)36-23-9-5-2-6-10-23/h1-19H,(H,31,34)(H,32,33)/b26-17+,27-18+. The Kier molecular flexibility index (Phi) is 6.53. The average Bonchev–Trinajstić information content (AvgIpc) is 2.90. The third-order valence-corrected chi connectivity index (χ3v) is 5.19. The zero-order chi connectivity index (χ0) is 24.7. The van der Waals surface area contributed by atoms with Crippen LogP contribution >= 0.6 is 0 Å². The summed E-state index contributed by atoms with van der Waals surface area (Å²) in [6.07, 6.45) is 4.66. The Hall–Kier alpha value is -5.17. The number of ether oxygens (including phenoxy) is 2. The van der Waals surface area contributed by atoms with Crippen molar-refractivity contribution < 1.29 is 9.47 Å². The predicted molar refractivity (Wildman–Crippen MR) is 138 cm³/mol. The molecular formula is C29H21N3O4. The maximum Gasteiger partial charge on any atom is 0.272 e. The number of pyridine rings is 1. The normalized spacial score (nSPS) is 11.9. The van der Waals surface area contributed by atoms with Gasteiger partial charge in [-0.1, -0.05) is 48.5 Å². The summed E-state index contributed by atoms with van der Waals surface area (Å²) in [4.78, 5) is 34.8. The van der Waals surface area contributed by atoms with Crippen LogP contribution < -0.4 is 31.3 Å². The van der Waals surface area contributed by atoms with Gasteiger partial charge in [0.2, 0.25) is 0 Å². The molecule has 0 aliphatic heterocycles. The Morgan fingerprint density at radius 2 is 1.06 bits per heavy atom. The molecule has 0 unspecified atom stereocenters. The Morgan fingerprint density at radius 1 is 0.556 bits per heavy atom. The third kappa shape index (κ3) is 5.66. The number of aromatic amines is 2. The Labute approximate surface area is 205 Å². The molecule has 0 spiro atoms. The summed E-state index contributed by atoms with van der Waals surface area (Å²) < 4.78 is 11.5. The SMILES string of the molecule is O=c1[nH]/c(=C/c2ccc(Oc3ccccc3)cn2)c(=O)[nH]/c1=C/c1ccc(Oc2ccccc2)cc1. The van der Waals surface area contributed by atoms with Crippen LogP contribution in [0.25, 0.3) is 12.2 Å². The second kappa shape index (κ2) is 10.4. The van der Waals surface area contributed by atoms with Gasteiger partial charge in [0.05, 0.1) is 11.9 Å². The summed E-state index contributed by atoms with van der Waals surface area (Å²) in [5.74, 6) is 2.65. The van der Waals surface area contributed by atoms with Gasteiger partial charge < -0.3 is 19.4 Å². The molecule has 0 radical (unpaired) electrons. The summed E-state index contributed by atoms with van der Waals surface area (Å²) in [5, 5.41) is 0.251. The first kappa shape index (κ1) is 22.6. The van der Waals surface area contributed by atoms with Gasteiger partial charge >= 0.3 is 0 Å². The first-order chi connectivity index (χ1) is 17.6. The van der Waals surface area contributed by atoms with Gasteiger partial charge in [-0.05, 0) is 66.2 Å². The summed E-state index contributed by atoms with van der Waals surface area (Å²) >= 11 is 0. The number of rotatable bonds is 6. The molecule has 0 bridgehead atoms. The largest absolute Gasteiger partial charge is 0.457 e. The van der Waals surface area contributed by atoms with Crippen molar-refractivity contribution in [1.29, 1.82) is 0 Å². The molecule has 7 nitrogen and oxygen atoms in total. The maximum absolute atomic E-state index is 12.6. The number of aromatic nitrogens is 3. The van der Waals surface area contributed by atoms with Gasteiger partial charge in [0.1, 0.15) is 33.7 Å². The van der Waals surface area contributed by atoms with E-state index in [-0.39, 0.29) is 10.7 Å².